The lowest BCUT2D eigenvalue weighted by Crippen LogP contribution is -2.47. The van der Waals surface area contributed by atoms with Crippen LogP contribution in [-0.4, -0.2) is 36.0 Å². The molecular formula is C20H25FN2O4. The third-order valence-electron chi connectivity index (χ3n) is 5.70. The fourth-order valence-electron chi connectivity index (χ4n) is 4.05. The van der Waals surface area contributed by atoms with E-state index >= 15 is 0 Å². The van der Waals surface area contributed by atoms with Gasteiger partial charge in [0.15, 0.2) is 0 Å². The number of carbonyl (C=O) groups is 3. The summed E-state index contributed by atoms with van der Waals surface area (Å²) in [6.07, 6.45) is 5.17. The number of nitrogens with one attached hydrogen (secondary N) is 2. The van der Waals surface area contributed by atoms with Gasteiger partial charge in [-0.05, 0) is 48.8 Å². The van der Waals surface area contributed by atoms with Crippen molar-refractivity contribution in [2.75, 3.05) is 7.05 Å². The maximum atomic E-state index is 14.4. The molecule has 2 saturated carbocycles. The first-order chi connectivity index (χ1) is 12.9. The van der Waals surface area contributed by atoms with Gasteiger partial charge in [0.05, 0.1) is 0 Å². The Morgan fingerprint density at radius 2 is 1.89 bits per heavy atom. The average Bonchev–Trinajstić information content (AvgIpc) is 3.46. The van der Waals surface area contributed by atoms with Crippen molar-refractivity contribution in [3.63, 3.8) is 0 Å². The first-order valence-electron chi connectivity index (χ1n) is 9.47. The fourth-order valence-corrected chi connectivity index (χ4v) is 4.05. The van der Waals surface area contributed by atoms with Crippen LogP contribution in [0.4, 0.5) is 4.39 Å². The Bertz CT molecular complexity index is 745. The second-order valence-corrected chi connectivity index (χ2v) is 7.49. The topological polar surface area (TPSA) is 95.5 Å². The van der Waals surface area contributed by atoms with Crippen molar-refractivity contribution in [1.29, 1.82) is 0 Å². The second-order valence-electron chi connectivity index (χ2n) is 7.49. The van der Waals surface area contributed by atoms with Crippen LogP contribution in [0.25, 0.3) is 0 Å². The molecule has 2 aliphatic rings. The number of carboxylic acids is 1. The summed E-state index contributed by atoms with van der Waals surface area (Å²) in [5.41, 5.74) is 0.621. The van der Waals surface area contributed by atoms with E-state index in [1.165, 1.54) is 25.2 Å². The van der Waals surface area contributed by atoms with Crippen LogP contribution in [0, 0.1) is 17.7 Å². The van der Waals surface area contributed by atoms with Gasteiger partial charge in [-0.15, -0.1) is 0 Å². The number of carboxylic acid groups (broad SMARTS) is 1. The van der Waals surface area contributed by atoms with Crippen LogP contribution in [0.3, 0.4) is 0 Å². The minimum Gasteiger partial charge on any atom is -0.480 e. The van der Waals surface area contributed by atoms with E-state index in [2.05, 4.69) is 10.6 Å². The summed E-state index contributed by atoms with van der Waals surface area (Å²) >= 11 is 0. The lowest BCUT2D eigenvalue weighted by molar-refractivity contribution is -0.144. The zero-order chi connectivity index (χ0) is 19.6. The molecule has 6 nitrogen and oxygen atoms in total. The average molecular weight is 376 g/mol. The number of rotatable bonds is 6. The van der Waals surface area contributed by atoms with E-state index in [9.17, 15) is 23.9 Å². The van der Waals surface area contributed by atoms with E-state index in [1.807, 2.05) is 0 Å². The molecule has 3 rings (SSSR count). The molecule has 2 aliphatic carbocycles. The monoisotopic (exact) mass is 376 g/mol. The summed E-state index contributed by atoms with van der Waals surface area (Å²) in [5, 5.41) is 14.6. The van der Waals surface area contributed by atoms with E-state index in [4.69, 9.17) is 0 Å². The zero-order valence-corrected chi connectivity index (χ0v) is 15.3. The van der Waals surface area contributed by atoms with Crippen molar-refractivity contribution < 1.29 is 23.9 Å². The zero-order valence-electron chi connectivity index (χ0n) is 15.3. The van der Waals surface area contributed by atoms with Crippen molar-refractivity contribution in [3.05, 3.63) is 35.1 Å². The van der Waals surface area contributed by atoms with Gasteiger partial charge in [0, 0.05) is 18.5 Å². The van der Waals surface area contributed by atoms with E-state index in [1.54, 1.807) is 0 Å². The Kier molecular flexibility index (Phi) is 5.77. The van der Waals surface area contributed by atoms with Crippen LogP contribution in [0.2, 0.25) is 0 Å². The largest absolute Gasteiger partial charge is 0.480 e. The molecule has 2 amide bonds. The summed E-state index contributed by atoms with van der Waals surface area (Å²) in [6, 6.07) is 3.36. The third-order valence-corrected chi connectivity index (χ3v) is 5.70. The highest BCUT2D eigenvalue weighted by Gasteiger charge is 2.46. The van der Waals surface area contributed by atoms with Gasteiger partial charge in [-0.2, -0.15) is 0 Å². The highest BCUT2D eigenvalue weighted by molar-refractivity contribution is 5.94. The number of benzene rings is 1. The Hall–Kier alpha value is -2.44. The van der Waals surface area contributed by atoms with Crippen molar-refractivity contribution in [2.45, 2.75) is 50.5 Å². The molecule has 0 heterocycles. The van der Waals surface area contributed by atoms with Gasteiger partial charge >= 0.3 is 5.97 Å². The van der Waals surface area contributed by atoms with Crippen LogP contribution >= 0.6 is 0 Å². The first kappa shape index (κ1) is 19.3. The van der Waals surface area contributed by atoms with Gasteiger partial charge in [-0.3, -0.25) is 9.59 Å². The Morgan fingerprint density at radius 3 is 2.48 bits per heavy atom. The maximum Gasteiger partial charge on any atom is 0.326 e. The molecule has 1 aromatic rings. The van der Waals surface area contributed by atoms with Crippen molar-refractivity contribution >= 4 is 17.8 Å². The van der Waals surface area contributed by atoms with Gasteiger partial charge in [0.2, 0.25) is 5.91 Å². The summed E-state index contributed by atoms with van der Waals surface area (Å²) in [6.45, 7) is 0. The maximum absolute atomic E-state index is 14.4. The Balaban J connectivity index is 1.64. The van der Waals surface area contributed by atoms with Gasteiger partial charge in [0.1, 0.15) is 11.9 Å². The van der Waals surface area contributed by atoms with E-state index in [0.717, 1.165) is 32.1 Å². The molecule has 0 aliphatic heterocycles. The van der Waals surface area contributed by atoms with Crippen LogP contribution in [0.5, 0.6) is 0 Å². The highest BCUT2D eigenvalue weighted by atomic mass is 19.1. The summed E-state index contributed by atoms with van der Waals surface area (Å²) < 4.78 is 14.4. The molecular weight excluding hydrogens is 351 g/mol. The predicted molar refractivity (Wildman–Crippen MR) is 96.8 cm³/mol. The van der Waals surface area contributed by atoms with E-state index in [0.29, 0.717) is 12.0 Å². The van der Waals surface area contributed by atoms with Crippen LogP contribution < -0.4 is 10.6 Å². The lowest BCUT2D eigenvalue weighted by Gasteiger charge is -2.28. The molecule has 0 radical (unpaired) electrons. The number of carbonyl (C=O) groups excluding carboxylic acids is 2. The minimum atomic E-state index is -1.01. The molecule has 0 aromatic heterocycles. The van der Waals surface area contributed by atoms with E-state index < -0.39 is 23.7 Å². The fraction of sp³-hybridized carbons (Fsp3) is 0.550. The number of hydrogen-bond donors (Lipinski definition) is 3. The first-order valence-corrected chi connectivity index (χ1v) is 9.47. The molecule has 7 heteroatoms. The predicted octanol–water partition coefficient (Wildman–Crippen LogP) is 2.44. The third kappa shape index (κ3) is 4.28. The van der Waals surface area contributed by atoms with Gasteiger partial charge in [-0.25, -0.2) is 9.18 Å². The number of aliphatic carboxylic acids is 1. The Morgan fingerprint density at radius 1 is 1.19 bits per heavy atom. The van der Waals surface area contributed by atoms with Crippen LogP contribution in [0.1, 0.15) is 60.4 Å². The molecule has 0 bridgehead atoms. The molecule has 27 heavy (non-hydrogen) atoms. The number of hydrogen-bond acceptors (Lipinski definition) is 3. The lowest BCUT2D eigenvalue weighted by atomic mass is 9.84. The summed E-state index contributed by atoms with van der Waals surface area (Å²) in [7, 11) is 1.47. The molecule has 0 spiro atoms. The van der Waals surface area contributed by atoms with Gasteiger partial charge in [-0.1, -0.05) is 25.3 Å². The standard InChI is InChI=1S/C20H25FN2O4/c1-22-18(24)12-7-8-13(16(21)9-12)14-10-15(14)19(25)23-17(20(26)27)11-5-3-2-4-6-11/h7-9,11,14-15,17H,2-6,10H2,1H3,(H,22,24)(H,23,25)(H,26,27)/t14?,15?,17-/m0/s1. The van der Waals surface area contributed by atoms with Crippen molar-refractivity contribution in [2.24, 2.45) is 11.8 Å². The molecule has 1 aromatic carbocycles. The van der Waals surface area contributed by atoms with Crippen LogP contribution in [-0.2, 0) is 9.59 Å². The minimum absolute atomic E-state index is 0.0408. The summed E-state index contributed by atoms with van der Waals surface area (Å²) in [5.74, 6) is -2.96. The highest BCUT2D eigenvalue weighted by Crippen LogP contribution is 2.48. The van der Waals surface area contributed by atoms with Gasteiger partial charge in [0.25, 0.3) is 5.91 Å². The van der Waals surface area contributed by atoms with Gasteiger partial charge < -0.3 is 15.7 Å². The second kappa shape index (κ2) is 8.06. The molecule has 0 saturated heterocycles. The summed E-state index contributed by atoms with van der Waals surface area (Å²) in [4.78, 5) is 35.7. The molecule has 2 fully saturated rings. The molecule has 146 valence electrons. The molecule has 2 unspecified atom stereocenters. The van der Waals surface area contributed by atoms with Crippen molar-refractivity contribution in [3.8, 4) is 0 Å². The normalized spacial score (nSPS) is 23.3. The Labute approximate surface area is 157 Å². The smallest absolute Gasteiger partial charge is 0.326 e. The molecule has 3 N–H and O–H groups in total. The number of halogens is 1. The quantitative estimate of drug-likeness (QED) is 0.711. The van der Waals surface area contributed by atoms with E-state index in [-0.39, 0.29) is 29.2 Å². The SMILES string of the molecule is CNC(=O)c1ccc(C2CC2C(=O)N[C@H](C(=O)O)C2CCCCC2)c(F)c1. The van der Waals surface area contributed by atoms with Crippen molar-refractivity contribution in [1.82, 2.24) is 10.6 Å². The number of amides is 2. The van der Waals surface area contributed by atoms with Crippen LogP contribution in [0.15, 0.2) is 18.2 Å². The molecule has 3 atom stereocenters.